The Bertz CT molecular complexity index is 1410. The number of β-lactam (4-membered cyclic amide) rings is 1. The van der Waals surface area contributed by atoms with Gasteiger partial charge in [0.15, 0.2) is 12.5 Å². The zero-order chi connectivity index (χ0) is 28.9. The molecule has 2 saturated heterocycles. The van der Waals surface area contributed by atoms with Gasteiger partial charge >= 0.3 is 0 Å². The Morgan fingerprint density at radius 2 is 1.29 bits per heavy atom. The van der Waals surface area contributed by atoms with E-state index in [2.05, 4.69) is 41.7 Å². The summed E-state index contributed by atoms with van der Waals surface area (Å²) in [5.41, 5.74) is 4.59. The molecule has 0 radical (unpaired) electrons. The Kier molecular flexibility index (Phi) is 8.31. The van der Waals surface area contributed by atoms with E-state index in [1.807, 2.05) is 98.8 Å². The number of amides is 1. The molecule has 6 nitrogen and oxygen atoms in total. The van der Waals surface area contributed by atoms with Crippen molar-refractivity contribution < 1.29 is 23.7 Å². The van der Waals surface area contributed by atoms with Crippen LogP contribution in [0.1, 0.15) is 42.4 Å². The van der Waals surface area contributed by atoms with Crippen molar-refractivity contribution in [3.8, 4) is 0 Å². The fourth-order valence-corrected chi connectivity index (χ4v) is 5.69. The number of carbonyl (C=O) groups excluding carboxylic acids is 1. The first kappa shape index (κ1) is 28.1. The maximum atomic E-state index is 12.2. The van der Waals surface area contributed by atoms with E-state index in [0.29, 0.717) is 5.57 Å². The van der Waals surface area contributed by atoms with E-state index in [1.165, 1.54) is 0 Å². The van der Waals surface area contributed by atoms with Crippen molar-refractivity contribution in [3.05, 3.63) is 155 Å². The van der Waals surface area contributed by atoms with Gasteiger partial charge in [0.2, 0.25) is 0 Å². The molecular weight excluding hydrogens is 526 g/mol. The maximum absolute atomic E-state index is 12.2. The lowest BCUT2D eigenvalue weighted by atomic mass is 9.80. The van der Waals surface area contributed by atoms with Crippen LogP contribution in [0.5, 0.6) is 0 Å². The molecule has 4 aromatic rings. The summed E-state index contributed by atoms with van der Waals surface area (Å²) in [6.07, 6.45) is -2.06. The third-order valence-electron chi connectivity index (χ3n) is 7.82. The molecule has 1 amide bonds. The van der Waals surface area contributed by atoms with Crippen LogP contribution in [0, 0.1) is 0 Å². The number of benzene rings is 4. The third-order valence-corrected chi connectivity index (χ3v) is 7.82. The molecule has 4 aromatic carbocycles. The van der Waals surface area contributed by atoms with Crippen LogP contribution in [0.2, 0.25) is 0 Å². The molecule has 6 heteroatoms. The van der Waals surface area contributed by atoms with E-state index in [0.717, 1.165) is 27.8 Å². The van der Waals surface area contributed by atoms with Crippen molar-refractivity contribution >= 4 is 5.91 Å². The Morgan fingerprint density at radius 3 is 1.76 bits per heavy atom. The molecule has 2 fully saturated rings. The number of allylic oxidation sites excluding steroid dienone is 1. The molecule has 2 aliphatic heterocycles. The third kappa shape index (κ3) is 5.54. The van der Waals surface area contributed by atoms with Gasteiger partial charge in [-0.25, -0.2) is 0 Å². The van der Waals surface area contributed by atoms with Crippen molar-refractivity contribution in [3.63, 3.8) is 0 Å². The quantitative estimate of drug-likeness (QED) is 0.148. The zero-order valence-electron chi connectivity index (χ0n) is 23.8. The second-order valence-corrected chi connectivity index (χ2v) is 10.8. The molecule has 1 N–H and O–H groups in total. The van der Waals surface area contributed by atoms with Crippen LogP contribution in [-0.4, -0.2) is 37.6 Å². The van der Waals surface area contributed by atoms with Crippen molar-refractivity contribution in [2.24, 2.45) is 0 Å². The van der Waals surface area contributed by atoms with Gasteiger partial charge in [0.05, 0.1) is 18.8 Å². The molecule has 0 aliphatic carbocycles. The van der Waals surface area contributed by atoms with Gasteiger partial charge in [-0.15, -0.1) is 0 Å². The van der Waals surface area contributed by atoms with Crippen LogP contribution >= 0.6 is 0 Å². The molecule has 42 heavy (non-hydrogen) atoms. The summed E-state index contributed by atoms with van der Waals surface area (Å²) < 4.78 is 26.3. The Labute approximate surface area is 246 Å². The molecule has 4 atom stereocenters. The van der Waals surface area contributed by atoms with Crippen LogP contribution in [-0.2, 0) is 29.3 Å². The number of hydrogen-bond donors (Lipinski definition) is 1. The van der Waals surface area contributed by atoms with Crippen molar-refractivity contribution in [1.82, 2.24) is 5.32 Å². The highest BCUT2D eigenvalue weighted by Gasteiger charge is 2.44. The van der Waals surface area contributed by atoms with E-state index < -0.39 is 30.3 Å². The minimum atomic E-state index is -0.909. The lowest BCUT2D eigenvalue weighted by molar-refractivity contribution is -0.285. The molecule has 2 heterocycles. The first-order valence-corrected chi connectivity index (χ1v) is 14.3. The largest absolute Gasteiger partial charge is 0.358 e. The number of carbonyl (C=O) groups is 1. The number of nitrogens with one attached hydrogen (secondary N) is 1. The maximum Gasteiger partial charge on any atom is 0.253 e. The summed E-state index contributed by atoms with van der Waals surface area (Å²) in [6, 6.07) is 40.6. The average Bonchev–Trinajstić information content (AvgIpc) is 3.03. The summed E-state index contributed by atoms with van der Waals surface area (Å²) in [5.74, 6) is -0.108. The molecular formula is C36H35NO5. The van der Waals surface area contributed by atoms with E-state index in [-0.39, 0.29) is 19.1 Å². The predicted molar refractivity (Wildman–Crippen MR) is 160 cm³/mol. The van der Waals surface area contributed by atoms with Crippen LogP contribution < -0.4 is 5.32 Å². The fraction of sp³-hybridized carbons (Fsp3) is 0.250. The van der Waals surface area contributed by atoms with Gasteiger partial charge in [0.25, 0.3) is 5.91 Å². The summed E-state index contributed by atoms with van der Waals surface area (Å²) >= 11 is 0. The van der Waals surface area contributed by atoms with Crippen LogP contribution in [0.25, 0.3) is 0 Å². The molecule has 0 bridgehead atoms. The van der Waals surface area contributed by atoms with Crippen molar-refractivity contribution in [2.45, 2.75) is 44.2 Å². The minimum Gasteiger partial charge on any atom is -0.358 e. The topological polar surface area (TPSA) is 66.0 Å². The van der Waals surface area contributed by atoms with Gasteiger partial charge in [0, 0.05) is 5.56 Å². The minimum absolute atomic E-state index is 0.108. The molecule has 0 unspecified atom stereocenters. The monoisotopic (exact) mass is 561 g/mol. The summed E-state index contributed by atoms with van der Waals surface area (Å²) in [7, 11) is 0. The Balaban J connectivity index is 1.36. The first-order chi connectivity index (χ1) is 20.6. The molecule has 2 aliphatic rings. The molecule has 214 valence electrons. The Hall–Kier alpha value is -4.07. The highest BCUT2D eigenvalue weighted by Crippen LogP contribution is 2.41. The summed E-state index contributed by atoms with van der Waals surface area (Å²) in [4.78, 5) is 12.2. The van der Waals surface area contributed by atoms with Crippen LogP contribution in [0.15, 0.2) is 132 Å². The zero-order valence-corrected chi connectivity index (χ0v) is 23.8. The normalized spacial score (nSPS) is 22.2. The number of hydrogen-bond acceptors (Lipinski definition) is 5. The van der Waals surface area contributed by atoms with Gasteiger partial charge in [-0.2, -0.15) is 0 Å². The van der Waals surface area contributed by atoms with E-state index in [4.69, 9.17) is 18.9 Å². The number of ether oxygens (including phenoxy) is 4. The Morgan fingerprint density at radius 1 is 0.786 bits per heavy atom. The van der Waals surface area contributed by atoms with Crippen molar-refractivity contribution in [2.75, 3.05) is 13.2 Å². The van der Waals surface area contributed by atoms with Gasteiger partial charge in [-0.05, 0) is 30.5 Å². The second kappa shape index (κ2) is 12.4. The summed E-state index contributed by atoms with van der Waals surface area (Å²) in [5, 5.41) is 2.86. The molecule has 0 aromatic heterocycles. The smallest absolute Gasteiger partial charge is 0.253 e. The van der Waals surface area contributed by atoms with Gasteiger partial charge in [-0.1, -0.05) is 127 Å². The van der Waals surface area contributed by atoms with E-state index in [9.17, 15) is 4.79 Å². The molecule has 0 saturated carbocycles. The van der Waals surface area contributed by atoms with E-state index >= 15 is 0 Å². The summed E-state index contributed by atoms with van der Waals surface area (Å²) in [6.45, 7) is 4.32. The lowest BCUT2D eigenvalue weighted by Gasteiger charge is -2.43. The highest BCUT2D eigenvalue weighted by atomic mass is 16.7. The standard InChI is InChI=1S/C36H35NO5/c1-25(2)32-33(38)37-34(32)41-30-23-39-35(26-15-7-3-8-16-26)42-31(30)24-40-36(27-17-9-4-10-18-27,28-19-11-5-12-20-28)29-21-13-6-14-22-29/h3-22,30-31,34-35H,23-24H2,1-2H3,(H,37,38)/t30-,31+,34-,35-/m1/s1. The van der Waals surface area contributed by atoms with Crippen molar-refractivity contribution in [1.29, 1.82) is 0 Å². The average molecular weight is 562 g/mol. The lowest BCUT2D eigenvalue weighted by Crippen LogP contribution is -2.58. The molecule has 0 spiro atoms. The van der Waals surface area contributed by atoms with Gasteiger partial charge < -0.3 is 24.3 Å². The van der Waals surface area contributed by atoms with Crippen LogP contribution in [0.4, 0.5) is 0 Å². The number of rotatable bonds is 9. The molecule has 6 rings (SSSR count). The van der Waals surface area contributed by atoms with Gasteiger partial charge in [0.1, 0.15) is 17.8 Å². The van der Waals surface area contributed by atoms with Crippen LogP contribution in [0.3, 0.4) is 0 Å². The van der Waals surface area contributed by atoms with Gasteiger partial charge in [-0.3, -0.25) is 4.79 Å². The second-order valence-electron chi connectivity index (χ2n) is 10.8. The SMILES string of the molecule is CC(C)=C1C(=O)N[C@@H]1O[C@@H]1CO[C@@H](c2ccccc2)O[C@H]1COC(c1ccccc1)(c1ccccc1)c1ccccc1. The van der Waals surface area contributed by atoms with E-state index in [1.54, 1.807) is 0 Å². The predicted octanol–water partition coefficient (Wildman–Crippen LogP) is 6.29. The highest BCUT2D eigenvalue weighted by molar-refractivity contribution is 6.01. The fourth-order valence-electron chi connectivity index (χ4n) is 5.69. The first-order valence-electron chi connectivity index (χ1n) is 14.3.